The largest absolute Gasteiger partial charge is 0.370 e. The molecule has 0 atom stereocenters. The third-order valence-corrected chi connectivity index (χ3v) is 2.93. The SMILES string of the molecule is c1ccc(NCCCc2nnc3ccccn23)nc1. The van der Waals surface area contributed by atoms with E-state index in [1.807, 2.05) is 47.0 Å². The quantitative estimate of drug-likeness (QED) is 0.708. The van der Waals surface area contributed by atoms with Gasteiger partial charge in [0.25, 0.3) is 0 Å². The van der Waals surface area contributed by atoms with Crippen molar-refractivity contribution in [2.24, 2.45) is 0 Å². The number of nitrogens with zero attached hydrogens (tertiary/aromatic N) is 4. The van der Waals surface area contributed by atoms with Crippen LogP contribution in [0, 0.1) is 0 Å². The highest BCUT2D eigenvalue weighted by Gasteiger charge is 2.03. The zero-order chi connectivity index (χ0) is 12.9. The van der Waals surface area contributed by atoms with Crippen molar-refractivity contribution in [3.63, 3.8) is 0 Å². The molecule has 3 aromatic heterocycles. The number of hydrogen-bond donors (Lipinski definition) is 1. The molecule has 0 aliphatic carbocycles. The Hall–Kier alpha value is -2.43. The van der Waals surface area contributed by atoms with E-state index in [0.717, 1.165) is 36.7 Å². The molecule has 3 aromatic rings. The molecule has 0 saturated heterocycles. The first-order valence-corrected chi connectivity index (χ1v) is 6.37. The first-order valence-electron chi connectivity index (χ1n) is 6.37. The summed E-state index contributed by atoms with van der Waals surface area (Å²) in [5.74, 6) is 1.91. The summed E-state index contributed by atoms with van der Waals surface area (Å²) in [6, 6.07) is 11.8. The van der Waals surface area contributed by atoms with Gasteiger partial charge in [0.1, 0.15) is 11.6 Å². The van der Waals surface area contributed by atoms with Gasteiger partial charge in [-0.2, -0.15) is 0 Å². The molecule has 5 nitrogen and oxygen atoms in total. The number of hydrogen-bond acceptors (Lipinski definition) is 4. The van der Waals surface area contributed by atoms with E-state index in [4.69, 9.17) is 0 Å². The minimum absolute atomic E-state index is 0.874. The number of nitrogens with one attached hydrogen (secondary N) is 1. The molecular formula is C14H15N5. The van der Waals surface area contributed by atoms with Crippen LogP contribution in [0.3, 0.4) is 0 Å². The van der Waals surface area contributed by atoms with Gasteiger partial charge in [-0.1, -0.05) is 12.1 Å². The van der Waals surface area contributed by atoms with Crippen LogP contribution in [-0.2, 0) is 6.42 Å². The Labute approximate surface area is 111 Å². The van der Waals surface area contributed by atoms with Gasteiger partial charge < -0.3 is 5.32 Å². The highest BCUT2D eigenvalue weighted by atomic mass is 15.2. The van der Waals surface area contributed by atoms with E-state index in [1.54, 1.807) is 6.20 Å². The van der Waals surface area contributed by atoms with Crippen molar-refractivity contribution in [1.82, 2.24) is 19.6 Å². The third-order valence-electron chi connectivity index (χ3n) is 2.93. The minimum Gasteiger partial charge on any atom is -0.370 e. The first kappa shape index (κ1) is 11.6. The molecular weight excluding hydrogens is 238 g/mol. The van der Waals surface area contributed by atoms with E-state index in [1.165, 1.54) is 0 Å². The Morgan fingerprint density at radius 2 is 2.00 bits per heavy atom. The fourth-order valence-corrected chi connectivity index (χ4v) is 1.99. The molecule has 5 heteroatoms. The summed E-state index contributed by atoms with van der Waals surface area (Å²) in [6.07, 6.45) is 5.67. The van der Waals surface area contributed by atoms with Crippen LogP contribution in [0.5, 0.6) is 0 Å². The van der Waals surface area contributed by atoms with Crippen LogP contribution in [0.1, 0.15) is 12.2 Å². The second kappa shape index (κ2) is 5.48. The van der Waals surface area contributed by atoms with Crippen molar-refractivity contribution in [2.75, 3.05) is 11.9 Å². The Kier molecular flexibility index (Phi) is 3.36. The van der Waals surface area contributed by atoms with Crippen LogP contribution < -0.4 is 5.32 Å². The molecule has 0 aliphatic rings. The van der Waals surface area contributed by atoms with Crippen LogP contribution >= 0.6 is 0 Å². The van der Waals surface area contributed by atoms with Crippen molar-refractivity contribution in [3.8, 4) is 0 Å². The van der Waals surface area contributed by atoms with Crippen molar-refractivity contribution in [1.29, 1.82) is 0 Å². The Bertz CT molecular complexity index is 647. The number of anilines is 1. The highest BCUT2D eigenvalue weighted by molar-refractivity contribution is 5.37. The van der Waals surface area contributed by atoms with E-state index in [-0.39, 0.29) is 0 Å². The summed E-state index contributed by atoms with van der Waals surface area (Å²) in [7, 11) is 0. The van der Waals surface area contributed by atoms with E-state index in [0.29, 0.717) is 0 Å². The molecule has 0 bridgehead atoms. The summed E-state index contributed by atoms with van der Waals surface area (Å²) in [6.45, 7) is 0.874. The van der Waals surface area contributed by atoms with Crippen LogP contribution in [0.25, 0.3) is 5.65 Å². The Morgan fingerprint density at radius 1 is 1.05 bits per heavy atom. The van der Waals surface area contributed by atoms with E-state index < -0.39 is 0 Å². The maximum Gasteiger partial charge on any atom is 0.160 e. The normalized spacial score (nSPS) is 10.7. The number of aromatic nitrogens is 4. The predicted octanol–water partition coefficient (Wildman–Crippen LogP) is 2.17. The van der Waals surface area contributed by atoms with Gasteiger partial charge in [-0.3, -0.25) is 4.40 Å². The Balaban J connectivity index is 1.55. The second-order valence-corrected chi connectivity index (χ2v) is 4.29. The van der Waals surface area contributed by atoms with Gasteiger partial charge in [-0.15, -0.1) is 10.2 Å². The molecule has 0 saturated carbocycles. The fraction of sp³-hybridized carbons (Fsp3) is 0.214. The van der Waals surface area contributed by atoms with Crippen molar-refractivity contribution < 1.29 is 0 Å². The zero-order valence-corrected chi connectivity index (χ0v) is 10.5. The summed E-state index contributed by atoms with van der Waals surface area (Å²) in [5.41, 5.74) is 0.898. The van der Waals surface area contributed by atoms with Gasteiger partial charge in [0.2, 0.25) is 0 Å². The van der Waals surface area contributed by atoms with Gasteiger partial charge in [0, 0.05) is 25.4 Å². The van der Waals surface area contributed by atoms with E-state index in [2.05, 4.69) is 20.5 Å². The van der Waals surface area contributed by atoms with Gasteiger partial charge >= 0.3 is 0 Å². The zero-order valence-electron chi connectivity index (χ0n) is 10.5. The van der Waals surface area contributed by atoms with E-state index in [9.17, 15) is 0 Å². The molecule has 1 N–H and O–H groups in total. The summed E-state index contributed by atoms with van der Waals surface area (Å²) < 4.78 is 2.03. The molecule has 0 unspecified atom stereocenters. The van der Waals surface area contributed by atoms with Gasteiger partial charge in [0.15, 0.2) is 5.65 Å². The molecule has 96 valence electrons. The number of rotatable bonds is 5. The smallest absolute Gasteiger partial charge is 0.160 e. The summed E-state index contributed by atoms with van der Waals surface area (Å²) in [5, 5.41) is 11.6. The number of fused-ring (bicyclic) bond motifs is 1. The van der Waals surface area contributed by atoms with Crippen molar-refractivity contribution in [2.45, 2.75) is 12.8 Å². The molecule has 0 radical (unpaired) electrons. The van der Waals surface area contributed by atoms with Crippen molar-refractivity contribution in [3.05, 3.63) is 54.6 Å². The number of pyridine rings is 2. The maximum atomic E-state index is 4.22. The van der Waals surface area contributed by atoms with Gasteiger partial charge in [-0.05, 0) is 30.7 Å². The lowest BCUT2D eigenvalue weighted by atomic mass is 10.3. The molecule has 3 rings (SSSR count). The monoisotopic (exact) mass is 253 g/mol. The van der Waals surface area contributed by atoms with Gasteiger partial charge in [-0.25, -0.2) is 4.98 Å². The lowest BCUT2D eigenvalue weighted by Gasteiger charge is -2.04. The predicted molar refractivity (Wildman–Crippen MR) is 74.0 cm³/mol. The molecule has 0 amide bonds. The van der Waals surface area contributed by atoms with E-state index >= 15 is 0 Å². The molecule has 0 aliphatic heterocycles. The molecule has 3 heterocycles. The van der Waals surface area contributed by atoms with Crippen molar-refractivity contribution >= 4 is 11.5 Å². The molecule has 0 fully saturated rings. The summed E-state index contributed by atoms with van der Waals surface area (Å²) >= 11 is 0. The van der Waals surface area contributed by atoms with Crippen LogP contribution in [-0.4, -0.2) is 26.1 Å². The van der Waals surface area contributed by atoms with Crippen LogP contribution in [0.4, 0.5) is 5.82 Å². The summed E-state index contributed by atoms with van der Waals surface area (Å²) in [4.78, 5) is 4.22. The fourth-order valence-electron chi connectivity index (χ4n) is 1.99. The Morgan fingerprint density at radius 3 is 2.89 bits per heavy atom. The van der Waals surface area contributed by atoms with Crippen LogP contribution in [0.2, 0.25) is 0 Å². The first-order chi connectivity index (χ1) is 9.43. The average Bonchev–Trinajstić information content (AvgIpc) is 2.88. The number of aryl methyl sites for hydroxylation is 1. The third kappa shape index (κ3) is 2.70. The minimum atomic E-state index is 0.874. The van der Waals surface area contributed by atoms with Crippen LogP contribution in [0.15, 0.2) is 48.8 Å². The molecule has 0 aromatic carbocycles. The lowest BCUT2D eigenvalue weighted by molar-refractivity contribution is 0.786. The maximum absolute atomic E-state index is 4.22. The molecule has 0 spiro atoms. The average molecular weight is 253 g/mol. The standard InChI is InChI=1S/C14H15N5/c1-3-9-15-12(6-1)16-10-5-8-14-18-17-13-7-2-4-11-19(13)14/h1-4,6-7,9,11H,5,8,10H2,(H,15,16). The second-order valence-electron chi connectivity index (χ2n) is 4.29. The highest BCUT2D eigenvalue weighted by Crippen LogP contribution is 2.06. The topological polar surface area (TPSA) is 55.1 Å². The van der Waals surface area contributed by atoms with Gasteiger partial charge in [0.05, 0.1) is 0 Å². The molecule has 19 heavy (non-hydrogen) atoms. The lowest BCUT2D eigenvalue weighted by Crippen LogP contribution is -2.05.